The van der Waals surface area contributed by atoms with E-state index in [0.717, 1.165) is 31.6 Å². The molecular formula is C14H19NO3. The number of ether oxygens (including phenoxy) is 1. The smallest absolute Gasteiger partial charge is 0.163 e. The summed E-state index contributed by atoms with van der Waals surface area (Å²) in [6.07, 6.45) is 2.39. The summed E-state index contributed by atoms with van der Waals surface area (Å²) in [5, 5.41) is 9.84. The topological polar surface area (TPSA) is 49.8 Å². The second-order valence-electron chi connectivity index (χ2n) is 4.70. The summed E-state index contributed by atoms with van der Waals surface area (Å²) in [7, 11) is 1.73. The number of methoxy groups -OCH3 is 1. The monoisotopic (exact) mass is 249 g/mol. The van der Waals surface area contributed by atoms with Crippen molar-refractivity contribution in [2.45, 2.75) is 25.9 Å². The van der Waals surface area contributed by atoms with E-state index in [1.54, 1.807) is 19.2 Å². The minimum Gasteiger partial charge on any atom is -0.507 e. The van der Waals surface area contributed by atoms with Crippen LogP contribution in [-0.4, -0.2) is 37.2 Å². The molecule has 1 fully saturated rings. The van der Waals surface area contributed by atoms with Gasteiger partial charge in [-0.3, -0.25) is 4.79 Å². The number of hydrogen-bond acceptors (Lipinski definition) is 4. The zero-order valence-electron chi connectivity index (χ0n) is 10.8. The van der Waals surface area contributed by atoms with E-state index < -0.39 is 0 Å². The van der Waals surface area contributed by atoms with Gasteiger partial charge in [0.1, 0.15) is 5.75 Å². The first-order valence-corrected chi connectivity index (χ1v) is 6.23. The van der Waals surface area contributed by atoms with Crippen LogP contribution in [0, 0.1) is 0 Å². The van der Waals surface area contributed by atoms with Gasteiger partial charge in [-0.05, 0) is 31.9 Å². The maximum Gasteiger partial charge on any atom is 0.163 e. The fraction of sp³-hybridized carbons (Fsp3) is 0.500. The van der Waals surface area contributed by atoms with Crippen LogP contribution < -0.4 is 4.90 Å². The van der Waals surface area contributed by atoms with Gasteiger partial charge in [-0.2, -0.15) is 0 Å². The van der Waals surface area contributed by atoms with Crippen molar-refractivity contribution < 1.29 is 14.6 Å². The maximum atomic E-state index is 11.3. The van der Waals surface area contributed by atoms with Gasteiger partial charge in [-0.1, -0.05) is 0 Å². The van der Waals surface area contributed by atoms with Crippen LogP contribution in [-0.2, 0) is 4.74 Å². The van der Waals surface area contributed by atoms with Gasteiger partial charge in [0.05, 0.1) is 11.7 Å². The molecule has 0 aliphatic carbocycles. The summed E-state index contributed by atoms with van der Waals surface area (Å²) >= 11 is 0. The van der Waals surface area contributed by atoms with E-state index in [0.29, 0.717) is 5.56 Å². The van der Waals surface area contributed by atoms with Crippen molar-refractivity contribution in [1.82, 2.24) is 0 Å². The van der Waals surface area contributed by atoms with Crippen molar-refractivity contribution in [2.75, 3.05) is 25.1 Å². The first-order chi connectivity index (χ1) is 8.61. The van der Waals surface area contributed by atoms with Gasteiger partial charge in [0.25, 0.3) is 0 Å². The molecule has 1 atom stereocenters. The molecule has 0 spiro atoms. The molecule has 1 heterocycles. The molecule has 98 valence electrons. The fourth-order valence-corrected chi connectivity index (χ4v) is 2.38. The number of hydrogen-bond donors (Lipinski definition) is 1. The predicted molar refractivity (Wildman–Crippen MR) is 70.4 cm³/mol. The van der Waals surface area contributed by atoms with Gasteiger partial charge in [0.2, 0.25) is 0 Å². The number of Topliss-reactive ketones (excluding diaryl/α,β-unsaturated/α-hetero) is 1. The van der Waals surface area contributed by atoms with Crippen molar-refractivity contribution in [3.05, 3.63) is 23.8 Å². The van der Waals surface area contributed by atoms with Crippen molar-refractivity contribution in [1.29, 1.82) is 0 Å². The molecular weight excluding hydrogens is 230 g/mol. The molecule has 4 heteroatoms. The lowest BCUT2D eigenvalue weighted by Crippen LogP contribution is -2.39. The molecule has 1 N–H and O–H groups in total. The average Bonchev–Trinajstić information content (AvgIpc) is 2.38. The van der Waals surface area contributed by atoms with Gasteiger partial charge in [0.15, 0.2) is 5.78 Å². The second-order valence-corrected chi connectivity index (χ2v) is 4.70. The normalized spacial score (nSPS) is 19.9. The zero-order chi connectivity index (χ0) is 13.1. The summed E-state index contributed by atoms with van der Waals surface area (Å²) in [5.41, 5.74) is 1.32. The van der Waals surface area contributed by atoms with Crippen LogP contribution >= 0.6 is 0 Å². The number of nitrogens with zero attached hydrogens (tertiary/aromatic N) is 1. The highest BCUT2D eigenvalue weighted by Crippen LogP contribution is 2.27. The second kappa shape index (κ2) is 5.40. The zero-order valence-corrected chi connectivity index (χ0v) is 10.8. The molecule has 18 heavy (non-hydrogen) atoms. The summed E-state index contributed by atoms with van der Waals surface area (Å²) in [6, 6.07) is 5.23. The third kappa shape index (κ3) is 2.64. The molecule has 1 aliphatic rings. The Morgan fingerprint density at radius 2 is 2.28 bits per heavy atom. The summed E-state index contributed by atoms with van der Waals surface area (Å²) in [4.78, 5) is 13.4. The van der Waals surface area contributed by atoms with Gasteiger partial charge >= 0.3 is 0 Å². The van der Waals surface area contributed by atoms with Crippen molar-refractivity contribution in [2.24, 2.45) is 0 Å². The largest absolute Gasteiger partial charge is 0.507 e. The van der Waals surface area contributed by atoms with E-state index in [2.05, 4.69) is 4.90 Å². The van der Waals surface area contributed by atoms with E-state index in [-0.39, 0.29) is 17.6 Å². The minimum absolute atomic E-state index is 0.0551. The quantitative estimate of drug-likeness (QED) is 0.834. The summed E-state index contributed by atoms with van der Waals surface area (Å²) < 4.78 is 5.38. The molecule has 1 aliphatic heterocycles. The Morgan fingerprint density at radius 3 is 2.89 bits per heavy atom. The van der Waals surface area contributed by atoms with Crippen LogP contribution in [0.4, 0.5) is 5.69 Å². The lowest BCUT2D eigenvalue weighted by Gasteiger charge is -2.33. The summed E-state index contributed by atoms with van der Waals surface area (Å²) in [5.74, 6) is -0.0630. The van der Waals surface area contributed by atoms with Gasteiger partial charge in [0, 0.05) is 32.0 Å². The minimum atomic E-state index is -0.118. The molecule has 0 aromatic heterocycles. The Morgan fingerprint density at radius 1 is 1.50 bits per heavy atom. The molecule has 0 saturated carbocycles. The highest BCUT2D eigenvalue weighted by Gasteiger charge is 2.20. The van der Waals surface area contributed by atoms with Crippen molar-refractivity contribution in [3.63, 3.8) is 0 Å². The number of rotatable bonds is 3. The molecule has 2 rings (SSSR count). The van der Waals surface area contributed by atoms with Gasteiger partial charge in [-0.15, -0.1) is 0 Å². The van der Waals surface area contributed by atoms with Crippen LogP contribution in [0.15, 0.2) is 18.2 Å². The van der Waals surface area contributed by atoms with Crippen molar-refractivity contribution >= 4 is 11.5 Å². The Balaban J connectivity index is 2.18. The maximum absolute atomic E-state index is 11.3. The number of phenols is 1. The third-order valence-electron chi connectivity index (χ3n) is 3.44. The van der Waals surface area contributed by atoms with Gasteiger partial charge < -0.3 is 14.7 Å². The lowest BCUT2D eigenvalue weighted by molar-refractivity contribution is 0.0893. The number of anilines is 1. The van der Waals surface area contributed by atoms with E-state index in [1.165, 1.54) is 6.92 Å². The van der Waals surface area contributed by atoms with Crippen LogP contribution in [0.2, 0.25) is 0 Å². The Kier molecular flexibility index (Phi) is 3.87. The highest BCUT2D eigenvalue weighted by molar-refractivity contribution is 5.97. The van der Waals surface area contributed by atoms with Crippen LogP contribution in [0.3, 0.4) is 0 Å². The van der Waals surface area contributed by atoms with Crippen molar-refractivity contribution in [3.8, 4) is 5.75 Å². The molecule has 1 aromatic carbocycles. The predicted octanol–water partition coefficient (Wildman–Crippen LogP) is 2.21. The molecule has 1 saturated heterocycles. The van der Waals surface area contributed by atoms with E-state index in [1.807, 2.05) is 6.07 Å². The SMILES string of the molecule is COC1CCCN(c2ccc(C(C)=O)c(O)c2)C1. The number of ketones is 1. The first-order valence-electron chi connectivity index (χ1n) is 6.23. The fourth-order valence-electron chi connectivity index (χ4n) is 2.38. The average molecular weight is 249 g/mol. The Hall–Kier alpha value is -1.55. The van der Waals surface area contributed by atoms with Crippen LogP contribution in [0.25, 0.3) is 0 Å². The number of benzene rings is 1. The van der Waals surface area contributed by atoms with Crippen LogP contribution in [0.1, 0.15) is 30.1 Å². The van der Waals surface area contributed by atoms with Crippen LogP contribution in [0.5, 0.6) is 5.75 Å². The highest BCUT2D eigenvalue weighted by atomic mass is 16.5. The van der Waals surface area contributed by atoms with E-state index >= 15 is 0 Å². The summed E-state index contributed by atoms with van der Waals surface area (Å²) in [6.45, 7) is 3.24. The number of piperidine rings is 1. The number of phenolic OH excluding ortho intramolecular Hbond substituents is 1. The van der Waals surface area contributed by atoms with Gasteiger partial charge in [-0.25, -0.2) is 0 Å². The first kappa shape index (κ1) is 12.9. The number of aromatic hydroxyl groups is 1. The molecule has 0 radical (unpaired) electrons. The Labute approximate surface area is 107 Å². The lowest BCUT2D eigenvalue weighted by atomic mass is 10.1. The molecule has 0 bridgehead atoms. The van der Waals surface area contributed by atoms with E-state index in [4.69, 9.17) is 4.74 Å². The third-order valence-corrected chi connectivity index (χ3v) is 3.44. The molecule has 1 unspecified atom stereocenters. The number of carbonyl (C=O) groups is 1. The Bertz CT molecular complexity index is 445. The van der Waals surface area contributed by atoms with E-state index in [9.17, 15) is 9.90 Å². The molecule has 4 nitrogen and oxygen atoms in total. The molecule has 1 aromatic rings. The molecule has 0 amide bonds. The number of carbonyl (C=O) groups excluding carboxylic acids is 1. The standard InChI is InChI=1S/C14H19NO3/c1-10(16)13-6-5-11(8-14(13)17)15-7-3-4-12(9-15)18-2/h5-6,8,12,17H,3-4,7,9H2,1-2H3.